The maximum atomic E-state index is 8.84. The fourth-order valence-corrected chi connectivity index (χ4v) is 1.66. The molecule has 1 unspecified atom stereocenters. The summed E-state index contributed by atoms with van der Waals surface area (Å²) in [5.74, 6) is 0. The van der Waals surface area contributed by atoms with Gasteiger partial charge in [0.05, 0.1) is 11.5 Å². The van der Waals surface area contributed by atoms with E-state index in [0.29, 0.717) is 11.5 Å². The van der Waals surface area contributed by atoms with Crippen molar-refractivity contribution in [3.05, 3.63) is 0 Å². The lowest BCUT2D eigenvalue weighted by atomic mass is 9.67. The zero-order chi connectivity index (χ0) is 10.1. The van der Waals surface area contributed by atoms with Crippen LogP contribution in [0.15, 0.2) is 0 Å². The molecule has 1 rings (SSSR count). The van der Waals surface area contributed by atoms with Crippen molar-refractivity contribution in [1.82, 2.24) is 5.32 Å². The van der Waals surface area contributed by atoms with E-state index in [1.165, 1.54) is 12.8 Å². The lowest BCUT2D eigenvalue weighted by Crippen LogP contribution is -2.52. The fourth-order valence-electron chi connectivity index (χ4n) is 1.66. The average Bonchev–Trinajstić information content (AvgIpc) is 2.03. The molecule has 0 saturated heterocycles. The van der Waals surface area contributed by atoms with E-state index in [0.717, 1.165) is 6.54 Å². The van der Waals surface area contributed by atoms with E-state index in [-0.39, 0.29) is 5.41 Å². The maximum Gasteiger partial charge on any atom is 0.0697 e. The smallest absolute Gasteiger partial charge is 0.0697 e. The molecule has 1 atom stereocenters. The van der Waals surface area contributed by atoms with E-state index in [1.54, 1.807) is 0 Å². The average molecular weight is 180 g/mol. The Balaban J connectivity index is 2.33. The van der Waals surface area contributed by atoms with Gasteiger partial charge in [-0.2, -0.15) is 5.26 Å². The van der Waals surface area contributed by atoms with Gasteiger partial charge in [-0.05, 0) is 32.1 Å². The summed E-state index contributed by atoms with van der Waals surface area (Å²) in [4.78, 5) is 0. The molecule has 0 aromatic carbocycles. The zero-order valence-electron chi connectivity index (χ0n) is 9.15. The molecule has 0 aliphatic heterocycles. The molecule has 1 fully saturated rings. The fraction of sp³-hybridized carbons (Fsp3) is 0.909. The lowest BCUT2D eigenvalue weighted by Gasteiger charge is -2.45. The Morgan fingerprint density at radius 1 is 1.54 bits per heavy atom. The molecule has 0 radical (unpaired) electrons. The zero-order valence-corrected chi connectivity index (χ0v) is 9.15. The van der Waals surface area contributed by atoms with Crippen LogP contribution in [0.2, 0.25) is 0 Å². The predicted molar refractivity (Wildman–Crippen MR) is 54.2 cm³/mol. The van der Waals surface area contributed by atoms with Gasteiger partial charge in [0.25, 0.3) is 0 Å². The molecule has 74 valence electrons. The highest BCUT2D eigenvalue weighted by molar-refractivity contribution is 4.98. The molecular formula is C11H20N2. The third-order valence-electron chi connectivity index (χ3n) is 3.11. The summed E-state index contributed by atoms with van der Waals surface area (Å²) in [7, 11) is 0. The third kappa shape index (κ3) is 2.45. The van der Waals surface area contributed by atoms with Crippen LogP contribution in [0.5, 0.6) is 0 Å². The van der Waals surface area contributed by atoms with Gasteiger partial charge in [0, 0.05) is 12.6 Å². The molecule has 0 bridgehead atoms. The molecule has 2 nitrogen and oxygen atoms in total. The van der Waals surface area contributed by atoms with E-state index in [4.69, 9.17) is 5.26 Å². The van der Waals surface area contributed by atoms with Crippen molar-refractivity contribution < 1.29 is 0 Å². The van der Waals surface area contributed by atoms with Crippen LogP contribution in [0, 0.1) is 22.2 Å². The standard InChI is InChI=1S/C11H20N2/c1-10(2,7-12)8-13-9-5-6-11(9,3)4/h9,13H,5-6,8H2,1-4H3. The van der Waals surface area contributed by atoms with E-state index in [2.05, 4.69) is 25.2 Å². The molecule has 1 aliphatic carbocycles. The molecule has 1 saturated carbocycles. The highest BCUT2D eigenvalue weighted by Gasteiger charge is 2.38. The van der Waals surface area contributed by atoms with E-state index >= 15 is 0 Å². The predicted octanol–water partition coefficient (Wildman–Crippen LogP) is 2.31. The van der Waals surface area contributed by atoms with Gasteiger partial charge in [-0.3, -0.25) is 0 Å². The van der Waals surface area contributed by atoms with Gasteiger partial charge in [0.1, 0.15) is 0 Å². The first kappa shape index (κ1) is 10.5. The minimum absolute atomic E-state index is 0.230. The Bertz CT molecular complexity index is 223. The van der Waals surface area contributed by atoms with Crippen molar-refractivity contribution in [3.8, 4) is 6.07 Å². The first-order valence-corrected chi connectivity index (χ1v) is 5.02. The van der Waals surface area contributed by atoms with Crippen molar-refractivity contribution in [3.63, 3.8) is 0 Å². The highest BCUT2D eigenvalue weighted by atomic mass is 15.0. The quantitative estimate of drug-likeness (QED) is 0.723. The van der Waals surface area contributed by atoms with Crippen LogP contribution in [0.25, 0.3) is 0 Å². The van der Waals surface area contributed by atoms with Gasteiger partial charge in [-0.25, -0.2) is 0 Å². The monoisotopic (exact) mass is 180 g/mol. The van der Waals surface area contributed by atoms with Crippen LogP contribution in [0.3, 0.4) is 0 Å². The summed E-state index contributed by atoms with van der Waals surface area (Å²) in [5.41, 5.74) is 0.206. The van der Waals surface area contributed by atoms with Gasteiger partial charge < -0.3 is 5.32 Å². The second-order valence-corrected chi connectivity index (χ2v) is 5.46. The first-order valence-electron chi connectivity index (χ1n) is 5.02. The number of hydrogen-bond acceptors (Lipinski definition) is 2. The van der Waals surface area contributed by atoms with Gasteiger partial charge in [-0.1, -0.05) is 13.8 Å². The van der Waals surface area contributed by atoms with Crippen molar-refractivity contribution in [2.24, 2.45) is 10.8 Å². The molecule has 0 aromatic heterocycles. The Morgan fingerprint density at radius 2 is 2.15 bits per heavy atom. The minimum Gasteiger partial charge on any atom is -0.312 e. The van der Waals surface area contributed by atoms with E-state index < -0.39 is 0 Å². The molecular weight excluding hydrogens is 160 g/mol. The van der Waals surface area contributed by atoms with Crippen molar-refractivity contribution in [2.45, 2.75) is 46.6 Å². The summed E-state index contributed by atoms with van der Waals surface area (Å²) in [6, 6.07) is 2.92. The summed E-state index contributed by atoms with van der Waals surface area (Å²) >= 11 is 0. The first-order chi connectivity index (χ1) is 5.87. The molecule has 13 heavy (non-hydrogen) atoms. The maximum absolute atomic E-state index is 8.84. The second-order valence-electron chi connectivity index (χ2n) is 5.46. The van der Waals surface area contributed by atoms with Crippen molar-refractivity contribution >= 4 is 0 Å². The van der Waals surface area contributed by atoms with Crippen molar-refractivity contribution in [2.75, 3.05) is 6.54 Å². The van der Waals surface area contributed by atoms with Gasteiger partial charge in [0.15, 0.2) is 0 Å². The molecule has 0 heterocycles. The van der Waals surface area contributed by atoms with Crippen LogP contribution in [0.4, 0.5) is 0 Å². The Hall–Kier alpha value is -0.550. The number of hydrogen-bond donors (Lipinski definition) is 1. The lowest BCUT2D eigenvalue weighted by molar-refractivity contribution is 0.103. The van der Waals surface area contributed by atoms with Crippen LogP contribution >= 0.6 is 0 Å². The number of nitriles is 1. The second kappa shape index (κ2) is 3.31. The van der Waals surface area contributed by atoms with Crippen molar-refractivity contribution in [1.29, 1.82) is 5.26 Å². The highest BCUT2D eigenvalue weighted by Crippen LogP contribution is 2.40. The summed E-state index contributed by atoms with van der Waals surface area (Å²) in [6.45, 7) is 9.33. The van der Waals surface area contributed by atoms with Gasteiger partial charge in [-0.15, -0.1) is 0 Å². The molecule has 1 N–H and O–H groups in total. The van der Waals surface area contributed by atoms with Gasteiger partial charge >= 0.3 is 0 Å². The molecule has 0 spiro atoms. The normalized spacial score (nSPS) is 26.2. The SMILES string of the molecule is CC(C)(C#N)CNC1CCC1(C)C. The van der Waals surface area contributed by atoms with Gasteiger partial charge in [0.2, 0.25) is 0 Å². The van der Waals surface area contributed by atoms with Crippen LogP contribution < -0.4 is 5.32 Å². The minimum atomic E-state index is -0.230. The molecule has 2 heteroatoms. The van der Waals surface area contributed by atoms with Crippen LogP contribution in [-0.4, -0.2) is 12.6 Å². The molecule has 0 aromatic rings. The molecule has 1 aliphatic rings. The largest absolute Gasteiger partial charge is 0.312 e. The Morgan fingerprint density at radius 3 is 2.46 bits per heavy atom. The van der Waals surface area contributed by atoms with Crippen LogP contribution in [0.1, 0.15) is 40.5 Å². The topological polar surface area (TPSA) is 35.8 Å². The summed E-state index contributed by atoms with van der Waals surface area (Å²) in [6.07, 6.45) is 2.56. The molecule has 0 amide bonds. The Labute approximate surface area is 81.3 Å². The number of nitrogens with zero attached hydrogens (tertiary/aromatic N) is 1. The summed E-state index contributed by atoms with van der Waals surface area (Å²) in [5, 5.41) is 12.3. The van der Waals surface area contributed by atoms with Crippen LogP contribution in [-0.2, 0) is 0 Å². The van der Waals surface area contributed by atoms with E-state index in [1.807, 2.05) is 13.8 Å². The van der Waals surface area contributed by atoms with E-state index in [9.17, 15) is 0 Å². The number of rotatable bonds is 3. The Kier molecular flexibility index (Phi) is 2.68. The third-order valence-corrected chi connectivity index (χ3v) is 3.11. The summed E-state index contributed by atoms with van der Waals surface area (Å²) < 4.78 is 0. The number of nitrogens with one attached hydrogen (secondary N) is 1.